The number of fused-ring (bicyclic) bond motifs is 1. The Morgan fingerprint density at radius 1 is 1.28 bits per heavy atom. The Morgan fingerprint density at radius 2 is 1.92 bits per heavy atom. The predicted molar refractivity (Wildman–Crippen MR) is 127 cm³/mol. The monoisotopic (exact) mass is 512 g/mol. The number of nitrogens with two attached hydrogens (primary N) is 1. The quantitative estimate of drug-likeness (QED) is 0.171. The Bertz CT molecular complexity index is 1130. The molecule has 3 rings (SSSR count). The number of nitrogens with one attached hydrogen (secondary N) is 3. The maximum atomic E-state index is 14.5. The van der Waals surface area contributed by atoms with Gasteiger partial charge in [-0.05, 0) is 39.7 Å². The summed E-state index contributed by atoms with van der Waals surface area (Å²) in [5.41, 5.74) is 5.42. The molecule has 0 bridgehead atoms. The number of hydrogen-bond acceptors (Lipinski definition) is 8. The molecule has 1 fully saturated rings. The lowest BCUT2D eigenvalue weighted by Crippen LogP contribution is -2.41. The zero-order chi connectivity index (χ0) is 27.0. The molecule has 1 aromatic rings. The van der Waals surface area contributed by atoms with Gasteiger partial charge in [-0.1, -0.05) is 6.92 Å². The average molecular weight is 513 g/mol. The highest BCUT2D eigenvalue weighted by Gasteiger charge is 2.41. The van der Waals surface area contributed by atoms with Crippen LogP contribution in [0.25, 0.3) is 0 Å². The first-order valence-electron chi connectivity index (χ1n) is 11.5. The van der Waals surface area contributed by atoms with Crippen LogP contribution in [0.5, 0.6) is 0 Å². The summed E-state index contributed by atoms with van der Waals surface area (Å²) >= 11 is 0. The fraction of sp³-hybridized carbons (Fsp3) is 0.565. The average Bonchev–Trinajstić information content (AvgIpc) is 3.34. The van der Waals surface area contributed by atoms with Crippen LogP contribution in [0.2, 0.25) is 0 Å². The van der Waals surface area contributed by atoms with Crippen molar-refractivity contribution >= 4 is 11.4 Å². The van der Waals surface area contributed by atoms with E-state index in [9.17, 15) is 17.6 Å². The van der Waals surface area contributed by atoms with Gasteiger partial charge in [0.05, 0.1) is 24.0 Å². The molecule has 2 heterocycles. The smallest absolute Gasteiger partial charge is 0.453 e. The second-order valence-corrected chi connectivity index (χ2v) is 9.31. The lowest BCUT2D eigenvalue weighted by molar-refractivity contribution is -0.145. The molecule has 5 N–H and O–H groups in total. The third-order valence-corrected chi connectivity index (χ3v) is 6.40. The van der Waals surface area contributed by atoms with Crippen LogP contribution < -0.4 is 11.1 Å². The minimum atomic E-state index is -4.65. The molecule has 9 nitrogen and oxygen atoms in total. The molecule has 1 aliphatic carbocycles. The second-order valence-electron chi connectivity index (χ2n) is 9.31. The van der Waals surface area contributed by atoms with Crippen molar-refractivity contribution in [1.82, 2.24) is 25.0 Å². The van der Waals surface area contributed by atoms with E-state index in [0.717, 1.165) is 18.9 Å². The number of hydrogen-bond donors (Lipinski definition) is 4. The second kappa shape index (κ2) is 9.94. The topological polar surface area (TPSA) is 129 Å². The van der Waals surface area contributed by atoms with Crippen molar-refractivity contribution in [1.29, 1.82) is 10.8 Å². The van der Waals surface area contributed by atoms with Crippen molar-refractivity contribution in [3.63, 3.8) is 0 Å². The minimum absolute atomic E-state index is 0.0599. The number of ether oxygens (including phenoxy) is 1. The normalized spacial score (nSPS) is 21.4. The van der Waals surface area contributed by atoms with Gasteiger partial charge in [0.15, 0.2) is 5.83 Å². The van der Waals surface area contributed by atoms with Crippen LogP contribution in [-0.4, -0.2) is 50.3 Å². The first-order valence-corrected chi connectivity index (χ1v) is 11.5. The molecule has 1 aliphatic heterocycles. The zero-order valence-corrected chi connectivity index (χ0v) is 20.9. The molecule has 1 saturated carbocycles. The molecule has 2 atom stereocenters. The number of nitrogens with zero attached hydrogens (tertiary/aromatic N) is 4. The Kier molecular flexibility index (Phi) is 7.51. The van der Waals surface area contributed by atoms with E-state index in [0.29, 0.717) is 12.4 Å². The van der Waals surface area contributed by atoms with Gasteiger partial charge in [0.25, 0.3) is 5.82 Å². The van der Waals surface area contributed by atoms with Crippen LogP contribution in [0.3, 0.4) is 0 Å². The molecule has 2 unspecified atom stereocenters. The number of rotatable bonds is 9. The first kappa shape index (κ1) is 27.2. The summed E-state index contributed by atoms with van der Waals surface area (Å²) in [6.45, 7) is 7.17. The highest BCUT2D eigenvalue weighted by atomic mass is 19.4. The van der Waals surface area contributed by atoms with Crippen molar-refractivity contribution in [2.75, 3.05) is 13.6 Å². The number of alkyl halides is 3. The fourth-order valence-corrected chi connectivity index (χ4v) is 3.79. The van der Waals surface area contributed by atoms with Crippen LogP contribution in [0, 0.1) is 16.7 Å². The number of aromatic nitrogens is 3. The van der Waals surface area contributed by atoms with Crippen LogP contribution >= 0.6 is 0 Å². The standard InChI is InChI=1S/C23H32F4N8O/c1-12(16(28)10-15(24)14(3)36-22(4)6-7-22)19(30)17(29)11-18(31-5)34-8-9-35-20(13(34)2)32-21(33-35)23(25,26)27/h10-13,29-31H,6-9,28H2,1-5H3/b15-14-,16-10+,18-11+,29-17?,30-19?. The largest absolute Gasteiger partial charge is 0.489 e. The maximum Gasteiger partial charge on any atom is 0.453 e. The van der Waals surface area contributed by atoms with E-state index in [4.69, 9.17) is 21.3 Å². The minimum Gasteiger partial charge on any atom is -0.489 e. The molecule has 0 aromatic carbocycles. The summed E-state index contributed by atoms with van der Waals surface area (Å²) in [6.07, 6.45) is -0.437. The number of halogens is 4. The maximum absolute atomic E-state index is 14.5. The molecule has 13 heteroatoms. The van der Waals surface area contributed by atoms with E-state index in [-0.39, 0.29) is 40.8 Å². The van der Waals surface area contributed by atoms with Crippen molar-refractivity contribution in [2.45, 2.75) is 64.9 Å². The highest BCUT2D eigenvalue weighted by molar-refractivity contribution is 6.45. The van der Waals surface area contributed by atoms with Crippen LogP contribution in [-0.2, 0) is 17.5 Å². The van der Waals surface area contributed by atoms with Gasteiger partial charge in [-0.2, -0.15) is 13.2 Å². The van der Waals surface area contributed by atoms with E-state index >= 15 is 0 Å². The molecule has 0 saturated heterocycles. The van der Waals surface area contributed by atoms with Gasteiger partial charge >= 0.3 is 6.18 Å². The molecule has 36 heavy (non-hydrogen) atoms. The molecule has 198 valence electrons. The zero-order valence-electron chi connectivity index (χ0n) is 20.9. The van der Waals surface area contributed by atoms with E-state index in [1.165, 1.54) is 17.7 Å². The van der Waals surface area contributed by atoms with Gasteiger partial charge in [-0.15, -0.1) is 5.10 Å². The van der Waals surface area contributed by atoms with Crippen molar-refractivity contribution in [3.05, 3.63) is 46.9 Å². The summed E-state index contributed by atoms with van der Waals surface area (Å²) in [5.74, 6) is -1.91. The molecular formula is C23H32F4N8O. The van der Waals surface area contributed by atoms with Crippen LogP contribution in [0.4, 0.5) is 17.6 Å². The third-order valence-electron chi connectivity index (χ3n) is 6.40. The molecule has 2 aliphatic rings. The molecule has 0 radical (unpaired) electrons. The summed E-state index contributed by atoms with van der Waals surface area (Å²) in [7, 11) is 1.61. The van der Waals surface area contributed by atoms with E-state index in [1.54, 1.807) is 25.8 Å². The van der Waals surface area contributed by atoms with Gasteiger partial charge in [0.2, 0.25) is 0 Å². The van der Waals surface area contributed by atoms with Gasteiger partial charge in [-0.3, -0.25) is 5.41 Å². The lowest BCUT2D eigenvalue weighted by Gasteiger charge is -2.36. The summed E-state index contributed by atoms with van der Waals surface area (Å²) in [6, 6.07) is -0.569. The Hall–Kier alpha value is -3.38. The highest BCUT2D eigenvalue weighted by Crippen LogP contribution is 2.41. The Morgan fingerprint density at radius 3 is 2.47 bits per heavy atom. The molecule has 0 amide bonds. The van der Waals surface area contributed by atoms with Crippen molar-refractivity contribution in [2.24, 2.45) is 11.7 Å². The summed E-state index contributed by atoms with van der Waals surface area (Å²) in [5, 5.41) is 23.3. The predicted octanol–water partition coefficient (Wildman–Crippen LogP) is 4.02. The first-order chi connectivity index (χ1) is 16.7. The van der Waals surface area contributed by atoms with Crippen LogP contribution in [0.15, 0.2) is 35.3 Å². The lowest BCUT2D eigenvalue weighted by atomic mass is 9.97. The third kappa shape index (κ3) is 5.88. The van der Waals surface area contributed by atoms with E-state index in [1.807, 2.05) is 6.92 Å². The van der Waals surface area contributed by atoms with Gasteiger partial charge in [-0.25, -0.2) is 14.1 Å². The van der Waals surface area contributed by atoms with Crippen molar-refractivity contribution in [3.8, 4) is 0 Å². The van der Waals surface area contributed by atoms with Gasteiger partial charge in [0, 0.05) is 31.3 Å². The summed E-state index contributed by atoms with van der Waals surface area (Å²) in [4.78, 5) is 5.41. The summed E-state index contributed by atoms with van der Waals surface area (Å²) < 4.78 is 60.5. The van der Waals surface area contributed by atoms with E-state index < -0.39 is 29.8 Å². The molecule has 1 aromatic heterocycles. The Balaban J connectivity index is 1.74. The SMILES string of the molecule is CN/C(=C\C(=N)C(=N)C(C)/C(N)=C\C(F)=C(/C)OC1(C)CC1)N1CCn2nc(C(F)(F)F)nc2C1C. The Labute approximate surface area is 207 Å². The van der Waals surface area contributed by atoms with Crippen molar-refractivity contribution < 1.29 is 22.3 Å². The molecular weight excluding hydrogens is 480 g/mol. The van der Waals surface area contributed by atoms with Crippen LogP contribution in [0.1, 0.15) is 58.2 Å². The fourth-order valence-electron chi connectivity index (χ4n) is 3.79. The number of allylic oxidation sites excluding steroid dienone is 5. The molecule has 0 spiro atoms. The van der Waals surface area contributed by atoms with E-state index in [2.05, 4.69) is 15.4 Å². The van der Waals surface area contributed by atoms with Gasteiger partial charge in [0.1, 0.15) is 23.0 Å². The van der Waals surface area contributed by atoms with Gasteiger partial charge < -0.3 is 26.1 Å².